The van der Waals surface area contributed by atoms with Crippen LogP contribution in [0.5, 0.6) is 0 Å². The van der Waals surface area contributed by atoms with Crippen LogP contribution in [0.15, 0.2) is 106 Å². The Morgan fingerprint density at radius 2 is 1.59 bits per heavy atom. The molecule has 0 saturated heterocycles. The molecule has 186 valence electrons. The van der Waals surface area contributed by atoms with Crippen molar-refractivity contribution < 1.29 is 18.0 Å². The van der Waals surface area contributed by atoms with Crippen molar-refractivity contribution in [2.45, 2.75) is 19.1 Å². The summed E-state index contributed by atoms with van der Waals surface area (Å²) in [7, 11) is 0. The van der Waals surface area contributed by atoms with E-state index in [0.717, 1.165) is 29.0 Å². The van der Waals surface area contributed by atoms with Crippen LogP contribution in [0.4, 0.5) is 18.9 Å². The summed E-state index contributed by atoms with van der Waals surface area (Å²) in [6.07, 6.45) is -2.91. The summed E-state index contributed by atoms with van der Waals surface area (Å²) in [4.78, 5) is 32.0. The summed E-state index contributed by atoms with van der Waals surface area (Å²) in [6.45, 7) is 1.72. The number of aromatic nitrogens is 1. The van der Waals surface area contributed by atoms with Gasteiger partial charge in [-0.2, -0.15) is 13.2 Å². The maximum absolute atomic E-state index is 13.6. The summed E-state index contributed by atoms with van der Waals surface area (Å²) < 4.78 is 40.6. The van der Waals surface area contributed by atoms with Crippen molar-refractivity contribution in [1.29, 1.82) is 0 Å². The number of nitrogens with zero attached hydrogens (tertiary/aromatic N) is 2. The number of carbonyl (C=O) groups is 1. The van der Waals surface area contributed by atoms with Crippen LogP contribution >= 0.6 is 11.3 Å². The third-order valence-corrected chi connectivity index (χ3v) is 6.93. The highest BCUT2D eigenvalue weighted by atomic mass is 32.1. The first-order valence-electron chi connectivity index (χ1n) is 11.3. The van der Waals surface area contributed by atoms with Gasteiger partial charge in [-0.15, -0.1) is 0 Å². The number of carbonyl (C=O) groups excluding carboxylic acids is 1. The molecule has 5 nitrogen and oxygen atoms in total. The van der Waals surface area contributed by atoms with Crippen molar-refractivity contribution in [3.05, 3.63) is 133 Å². The summed E-state index contributed by atoms with van der Waals surface area (Å²) in [5.74, 6) is -0.377. The molecule has 0 radical (unpaired) electrons. The minimum Gasteiger partial charge on any atom is -0.322 e. The fourth-order valence-electron chi connectivity index (χ4n) is 4.20. The summed E-state index contributed by atoms with van der Waals surface area (Å²) >= 11 is 1.13. The van der Waals surface area contributed by atoms with Crippen molar-refractivity contribution in [3.63, 3.8) is 0 Å². The lowest BCUT2D eigenvalue weighted by Gasteiger charge is -2.25. The number of alkyl halides is 3. The van der Waals surface area contributed by atoms with E-state index in [0.29, 0.717) is 31.9 Å². The molecule has 0 unspecified atom stereocenters. The van der Waals surface area contributed by atoms with Gasteiger partial charge in [0.05, 0.1) is 27.4 Å². The molecule has 1 aliphatic heterocycles. The smallest absolute Gasteiger partial charge is 0.322 e. The Labute approximate surface area is 213 Å². The van der Waals surface area contributed by atoms with Crippen molar-refractivity contribution >= 4 is 29.0 Å². The molecule has 0 saturated carbocycles. The molecule has 0 fully saturated rings. The van der Waals surface area contributed by atoms with Gasteiger partial charge in [0.1, 0.15) is 0 Å². The van der Waals surface area contributed by atoms with Gasteiger partial charge in [-0.1, -0.05) is 72.0 Å². The fraction of sp³-hybridized carbons (Fsp3) is 0.107. The molecule has 37 heavy (non-hydrogen) atoms. The predicted octanol–water partition coefficient (Wildman–Crippen LogP) is 4.89. The second-order valence-electron chi connectivity index (χ2n) is 8.43. The Hall–Kier alpha value is -4.24. The highest BCUT2D eigenvalue weighted by Crippen LogP contribution is 2.31. The molecule has 1 N–H and O–H groups in total. The standard InChI is InChI=1S/C28H20F3N3O2S/c1-17-23(25(35)33-21-10-6-3-7-11-21)24(19-8-4-2-5-9-19)34-26(36)22(37-27(34)32-17)16-18-12-14-20(15-13-18)28(29,30)31/h2-16,24H,1H3,(H,33,35)/b22-16+/t24-/m1/s1. The van der Waals surface area contributed by atoms with Gasteiger partial charge in [0.25, 0.3) is 11.5 Å². The minimum absolute atomic E-state index is 0.303. The Balaban J connectivity index is 1.62. The Morgan fingerprint density at radius 3 is 2.22 bits per heavy atom. The molecule has 0 spiro atoms. The van der Waals surface area contributed by atoms with Gasteiger partial charge in [0, 0.05) is 5.69 Å². The highest BCUT2D eigenvalue weighted by molar-refractivity contribution is 7.07. The Kier molecular flexibility index (Phi) is 6.39. The van der Waals surface area contributed by atoms with E-state index in [4.69, 9.17) is 0 Å². The SMILES string of the molecule is CC1=C(C(=O)Nc2ccccc2)[C@@H](c2ccccc2)n2c(s/c(=C/c3ccc(C(F)(F)F)cc3)c2=O)=N1. The third kappa shape index (κ3) is 4.90. The van der Waals surface area contributed by atoms with Gasteiger partial charge in [0.2, 0.25) is 0 Å². The van der Waals surface area contributed by atoms with Crippen LogP contribution in [-0.2, 0) is 11.0 Å². The zero-order chi connectivity index (χ0) is 26.2. The maximum Gasteiger partial charge on any atom is 0.416 e. The van der Waals surface area contributed by atoms with Crippen LogP contribution < -0.4 is 20.2 Å². The van der Waals surface area contributed by atoms with Gasteiger partial charge in [0.15, 0.2) is 4.80 Å². The zero-order valence-electron chi connectivity index (χ0n) is 19.5. The Morgan fingerprint density at radius 1 is 0.973 bits per heavy atom. The van der Waals surface area contributed by atoms with Crippen molar-refractivity contribution in [2.24, 2.45) is 4.99 Å². The van der Waals surface area contributed by atoms with Crippen LogP contribution in [0.3, 0.4) is 0 Å². The number of anilines is 1. The van der Waals surface area contributed by atoms with Gasteiger partial charge in [-0.25, -0.2) is 4.99 Å². The van der Waals surface area contributed by atoms with Gasteiger partial charge in [-0.3, -0.25) is 14.2 Å². The molecule has 0 bridgehead atoms. The molecule has 3 aromatic carbocycles. The molecule has 1 atom stereocenters. The number of allylic oxidation sites excluding steroid dienone is 1. The zero-order valence-corrected chi connectivity index (χ0v) is 20.3. The van der Waals surface area contributed by atoms with Gasteiger partial charge in [-0.05, 0) is 48.4 Å². The van der Waals surface area contributed by atoms with Crippen molar-refractivity contribution in [1.82, 2.24) is 4.57 Å². The van der Waals surface area contributed by atoms with Crippen molar-refractivity contribution in [3.8, 4) is 0 Å². The molecule has 9 heteroatoms. The lowest BCUT2D eigenvalue weighted by molar-refractivity contribution is -0.137. The average Bonchev–Trinajstić information content (AvgIpc) is 3.18. The normalized spacial score (nSPS) is 15.8. The third-order valence-electron chi connectivity index (χ3n) is 5.95. The number of hydrogen-bond donors (Lipinski definition) is 1. The van der Waals surface area contributed by atoms with E-state index in [1.807, 2.05) is 48.5 Å². The number of thiazole rings is 1. The van der Waals surface area contributed by atoms with E-state index in [-0.39, 0.29) is 11.5 Å². The molecule has 1 aromatic heterocycles. The molecular weight excluding hydrogens is 499 g/mol. The molecule has 1 aliphatic rings. The fourth-order valence-corrected chi connectivity index (χ4v) is 5.25. The minimum atomic E-state index is -4.44. The molecule has 1 amide bonds. The number of benzene rings is 3. The number of hydrogen-bond acceptors (Lipinski definition) is 4. The van der Waals surface area contributed by atoms with Gasteiger partial charge >= 0.3 is 6.18 Å². The lowest BCUT2D eigenvalue weighted by Crippen LogP contribution is -2.40. The monoisotopic (exact) mass is 519 g/mol. The van der Waals surface area contributed by atoms with Crippen molar-refractivity contribution in [2.75, 3.05) is 5.32 Å². The van der Waals surface area contributed by atoms with Crippen LogP contribution in [0.2, 0.25) is 0 Å². The molecular formula is C28H20F3N3O2S. The number of para-hydroxylation sites is 1. The van der Waals surface area contributed by atoms with E-state index < -0.39 is 17.8 Å². The second kappa shape index (κ2) is 9.67. The predicted molar refractivity (Wildman–Crippen MR) is 137 cm³/mol. The van der Waals surface area contributed by atoms with Crippen LogP contribution in [0.1, 0.15) is 29.7 Å². The van der Waals surface area contributed by atoms with E-state index in [1.54, 1.807) is 19.1 Å². The quantitative estimate of drug-likeness (QED) is 0.417. The Bertz CT molecular complexity index is 1670. The number of fused-ring (bicyclic) bond motifs is 1. The summed E-state index contributed by atoms with van der Waals surface area (Å²) in [5, 5.41) is 2.89. The number of halogens is 3. The molecule has 0 aliphatic carbocycles. The number of nitrogens with one attached hydrogen (secondary N) is 1. The van der Waals surface area contributed by atoms with Crippen LogP contribution in [0, 0.1) is 0 Å². The number of amides is 1. The van der Waals surface area contributed by atoms with Crippen LogP contribution in [0.25, 0.3) is 6.08 Å². The second-order valence-corrected chi connectivity index (χ2v) is 9.44. The number of rotatable bonds is 4. The first-order valence-corrected chi connectivity index (χ1v) is 12.2. The largest absolute Gasteiger partial charge is 0.416 e. The van der Waals surface area contributed by atoms with Gasteiger partial charge < -0.3 is 5.32 Å². The molecule has 4 aromatic rings. The molecule has 2 heterocycles. The maximum atomic E-state index is 13.6. The first kappa shape index (κ1) is 24.5. The van der Waals surface area contributed by atoms with E-state index in [1.165, 1.54) is 22.8 Å². The van der Waals surface area contributed by atoms with E-state index in [2.05, 4.69) is 10.3 Å². The summed E-state index contributed by atoms with van der Waals surface area (Å²) in [6, 6.07) is 22.0. The van der Waals surface area contributed by atoms with E-state index >= 15 is 0 Å². The van der Waals surface area contributed by atoms with E-state index in [9.17, 15) is 22.8 Å². The first-order chi connectivity index (χ1) is 17.7. The van der Waals surface area contributed by atoms with Crippen LogP contribution in [-0.4, -0.2) is 10.5 Å². The topological polar surface area (TPSA) is 63.5 Å². The average molecular weight is 520 g/mol. The lowest BCUT2D eigenvalue weighted by atomic mass is 9.95. The highest BCUT2D eigenvalue weighted by Gasteiger charge is 2.32. The summed E-state index contributed by atoms with van der Waals surface area (Å²) in [5.41, 5.74) is 1.46. The molecule has 5 rings (SSSR count).